The summed E-state index contributed by atoms with van der Waals surface area (Å²) in [5.41, 5.74) is 1.50. The van der Waals surface area contributed by atoms with Crippen LogP contribution in [-0.4, -0.2) is 58.7 Å². The third-order valence-electron chi connectivity index (χ3n) is 7.47. The third-order valence-corrected chi connectivity index (χ3v) is 9.17. The van der Waals surface area contributed by atoms with E-state index in [2.05, 4.69) is 29.7 Å². The van der Waals surface area contributed by atoms with E-state index in [0.717, 1.165) is 35.1 Å². The molecule has 4 aromatic rings. The number of aromatic nitrogens is 4. The van der Waals surface area contributed by atoms with E-state index in [0.29, 0.717) is 17.6 Å². The van der Waals surface area contributed by atoms with Crippen LogP contribution in [0.25, 0.3) is 22.3 Å². The minimum Gasteiger partial charge on any atom is -0.450 e. The predicted molar refractivity (Wildman–Crippen MR) is 160 cm³/mol. The van der Waals surface area contributed by atoms with Gasteiger partial charge in [-0.05, 0) is 49.2 Å². The van der Waals surface area contributed by atoms with Crippen molar-refractivity contribution in [3.63, 3.8) is 0 Å². The summed E-state index contributed by atoms with van der Waals surface area (Å²) in [6.07, 6.45) is 3.18. The molecule has 3 aromatic heterocycles. The number of benzene rings is 1. The Kier molecular flexibility index (Phi) is 8.82. The molecule has 1 aromatic carbocycles. The Balaban J connectivity index is 1.42. The molecule has 1 aliphatic rings. The summed E-state index contributed by atoms with van der Waals surface area (Å²) in [6, 6.07) is 6.63. The van der Waals surface area contributed by atoms with Gasteiger partial charge in [-0.3, -0.25) is 9.48 Å². The zero-order valence-electron chi connectivity index (χ0n) is 25.2. The monoisotopic (exact) mass is 614 g/mol. The number of halogens is 3. The van der Waals surface area contributed by atoms with Crippen LogP contribution in [0, 0.1) is 18.6 Å². The third kappa shape index (κ3) is 7.19. The number of fused-ring (bicyclic) bond motifs is 1. The summed E-state index contributed by atoms with van der Waals surface area (Å²) in [5.74, 6) is -2.60. The van der Waals surface area contributed by atoms with Crippen LogP contribution in [0.3, 0.4) is 0 Å². The van der Waals surface area contributed by atoms with Crippen molar-refractivity contribution in [1.82, 2.24) is 19.3 Å². The van der Waals surface area contributed by atoms with Crippen molar-refractivity contribution in [3.05, 3.63) is 59.6 Å². The average Bonchev–Trinajstić information content (AvgIpc) is 3.44. The van der Waals surface area contributed by atoms with E-state index in [4.69, 9.17) is 14.2 Å². The summed E-state index contributed by atoms with van der Waals surface area (Å²) < 4.78 is 65.1. The molecule has 8 nitrogen and oxygen atoms in total. The molecule has 0 saturated carbocycles. The number of Topliss-reactive ketones (excluding diaryl/α,β-unsaturated/α-hetero) is 1. The molecule has 1 saturated heterocycles. The molecule has 43 heavy (non-hydrogen) atoms. The van der Waals surface area contributed by atoms with Gasteiger partial charge in [0.05, 0.1) is 30.0 Å². The molecular formula is C31H37F3N4O4Si. The SMILES string of the molecule is Cc1cc(-c2cn(COCC[Si](C)(C)C)c3nccc(Oc4c(F)cc(CC(=O)CCC5(F)COC5)cc4F)c23)n(C)n1. The minimum atomic E-state index is -1.49. The van der Waals surface area contributed by atoms with Gasteiger partial charge in [-0.2, -0.15) is 5.10 Å². The van der Waals surface area contributed by atoms with Gasteiger partial charge < -0.3 is 18.8 Å². The van der Waals surface area contributed by atoms with E-state index >= 15 is 8.78 Å². The van der Waals surface area contributed by atoms with Crippen molar-refractivity contribution in [2.75, 3.05) is 19.8 Å². The Morgan fingerprint density at radius 1 is 1.16 bits per heavy atom. The molecule has 0 radical (unpaired) electrons. The minimum absolute atomic E-state index is 0.0254. The maximum atomic E-state index is 15.3. The molecule has 1 fully saturated rings. The van der Waals surface area contributed by atoms with Gasteiger partial charge >= 0.3 is 0 Å². The van der Waals surface area contributed by atoms with Crippen LogP contribution in [0.15, 0.2) is 36.7 Å². The van der Waals surface area contributed by atoms with Crippen molar-refractivity contribution in [2.24, 2.45) is 7.05 Å². The van der Waals surface area contributed by atoms with Crippen LogP contribution < -0.4 is 4.74 Å². The number of pyridine rings is 1. The largest absolute Gasteiger partial charge is 0.450 e. The van der Waals surface area contributed by atoms with Crippen LogP contribution in [0.5, 0.6) is 11.5 Å². The molecule has 0 N–H and O–H groups in total. The maximum absolute atomic E-state index is 15.3. The second kappa shape index (κ2) is 12.3. The zero-order valence-corrected chi connectivity index (χ0v) is 26.2. The standard InChI is InChI=1S/C31H37F3N4O4Si/c1-20-12-26(37(2)36-20)23-16-38(19-40-10-11-43(3,4)5)30-28(23)27(7-9-35-30)42-29-24(32)14-21(15-25(29)33)13-22(39)6-8-31(34)17-41-18-31/h7,9,12,14-16H,6,8,10-11,13,17-19H2,1-5H3. The van der Waals surface area contributed by atoms with Gasteiger partial charge in [-0.1, -0.05) is 19.6 Å². The van der Waals surface area contributed by atoms with Gasteiger partial charge in [0, 0.05) is 52.5 Å². The van der Waals surface area contributed by atoms with Crippen LogP contribution >= 0.6 is 0 Å². The molecular weight excluding hydrogens is 577 g/mol. The number of aryl methyl sites for hydroxylation is 2. The predicted octanol–water partition coefficient (Wildman–Crippen LogP) is 6.76. The highest BCUT2D eigenvalue weighted by atomic mass is 28.3. The van der Waals surface area contributed by atoms with Crippen molar-refractivity contribution in [1.29, 1.82) is 0 Å². The van der Waals surface area contributed by atoms with E-state index in [1.807, 2.05) is 30.8 Å². The quantitative estimate of drug-likeness (QED) is 0.122. The number of hydrogen-bond donors (Lipinski definition) is 0. The summed E-state index contributed by atoms with van der Waals surface area (Å²) in [4.78, 5) is 16.9. The summed E-state index contributed by atoms with van der Waals surface area (Å²) in [5, 5.41) is 5.01. The Morgan fingerprint density at radius 2 is 1.88 bits per heavy atom. The lowest BCUT2D eigenvalue weighted by Crippen LogP contribution is -2.45. The zero-order chi connectivity index (χ0) is 30.9. The van der Waals surface area contributed by atoms with Gasteiger partial charge in [-0.15, -0.1) is 0 Å². The lowest BCUT2D eigenvalue weighted by Gasteiger charge is -2.33. The number of ketones is 1. The lowest BCUT2D eigenvalue weighted by molar-refractivity contribution is -0.139. The van der Waals surface area contributed by atoms with Crippen molar-refractivity contribution >= 4 is 24.9 Å². The van der Waals surface area contributed by atoms with Crippen LogP contribution in [0.1, 0.15) is 24.1 Å². The van der Waals surface area contributed by atoms with Crippen LogP contribution in [0.2, 0.25) is 25.7 Å². The second-order valence-corrected chi connectivity index (χ2v) is 18.1. The van der Waals surface area contributed by atoms with Gasteiger partial charge in [0.2, 0.25) is 0 Å². The van der Waals surface area contributed by atoms with E-state index < -0.39 is 31.1 Å². The topological polar surface area (TPSA) is 80.4 Å². The van der Waals surface area contributed by atoms with Crippen LogP contribution in [0.4, 0.5) is 13.2 Å². The molecule has 0 atom stereocenters. The average molecular weight is 615 g/mol. The van der Waals surface area contributed by atoms with E-state index in [-0.39, 0.29) is 56.3 Å². The lowest BCUT2D eigenvalue weighted by atomic mass is 9.95. The number of carbonyl (C=O) groups excluding carboxylic acids is 1. The first-order valence-electron chi connectivity index (χ1n) is 14.3. The normalized spacial score (nSPS) is 14.7. The van der Waals surface area contributed by atoms with Gasteiger partial charge in [0.25, 0.3) is 0 Å². The number of ether oxygens (including phenoxy) is 3. The Labute approximate surface area is 249 Å². The first-order chi connectivity index (χ1) is 20.3. The molecule has 0 spiro atoms. The number of rotatable bonds is 13. The highest BCUT2D eigenvalue weighted by Crippen LogP contribution is 2.39. The van der Waals surface area contributed by atoms with E-state index in [1.165, 1.54) is 6.20 Å². The molecule has 1 aliphatic heterocycles. The molecule has 0 aliphatic carbocycles. The maximum Gasteiger partial charge on any atom is 0.198 e. The summed E-state index contributed by atoms with van der Waals surface area (Å²) in [7, 11) is 0.539. The summed E-state index contributed by atoms with van der Waals surface area (Å²) in [6.45, 7) is 9.52. The first-order valence-corrected chi connectivity index (χ1v) is 18.0. The molecule has 5 rings (SSSR count). The number of alkyl halides is 1. The molecule has 12 heteroatoms. The molecule has 0 unspecified atom stereocenters. The Hall–Kier alpha value is -3.48. The van der Waals surface area contributed by atoms with Gasteiger partial charge in [0.1, 0.15) is 23.9 Å². The fraction of sp³-hybridized carbons (Fsp3) is 0.452. The smallest absolute Gasteiger partial charge is 0.198 e. The van der Waals surface area contributed by atoms with Gasteiger partial charge in [-0.25, -0.2) is 18.2 Å². The molecule has 0 amide bonds. The number of nitrogens with zero attached hydrogens (tertiary/aromatic N) is 4. The molecule has 0 bridgehead atoms. The van der Waals surface area contributed by atoms with Gasteiger partial charge in [0.15, 0.2) is 23.1 Å². The number of hydrogen-bond acceptors (Lipinski definition) is 6. The Bertz CT molecular complexity index is 1620. The first kappa shape index (κ1) is 31.0. The highest BCUT2D eigenvalue weighted by Gasteiger charge is 2.38. The number of carbonyl (C=O) groups is 1. The molecule has 230 valence electrons. The molecule has 4 heterocycles. The second-order valence-electron chi connectivity index (χ2n) is 12.5. The highest BCUT2D eigenvalue weighted by molar-refractivity contribution is 6.76. The van der Waals surface area contributed by atoms with E-state index in [9.17, 15) is 9.18 Å². The Morgan fingerprint density at radius 3 is 2.49 bits per heavy atom. The van der Waals surface area contributed by atoms with Crippen molar-refractivity contribution in [3.8, 4) is 22.8 Å². The van der Waals surface area contributed by atoms with Crippen molar-refractivity contribution in [2.45, 2.75) is 64.3 Å². The van der Waals surface area contributed by atoms with Crippen LogP contribution in [-0.2, 0) is 34.5 Å². The fourth-order valence-electron chi connectivity index (χ4n) is 5.04. The van der Waals surface area contributed by atoms with E-state index in [1.54, 1.807) is 10.7 Å². The fourth-order valence-corrected chi connectivity index (χ4v) is 5.79. The summed E-state index contributed by atoms with van der Waals surface area (Å²) >= 11 is 0. The van der Waals surface area contributed by atoms with Crippen molar-refractivity contribution < 1.29 is 32.2 Å².